The summed E-state index contributed by atoms with van der Waals surface area (Å²) in [5.41, 5.74) is 2.48. The van der Waals surface area contributed by atoms with Crippen LogP contribution in [0.25, 0.3) is 0 Å². The number of hydrogen-bond acceptors (Lipinski definition) is 2. The maximum Gasteiger partial charge on any atom is 0.0642 e. The molecule has 1 saturated carbocycles. The number of nitrogens with one attached hydrogen (secondary N) is 1. The third kappa shape index (κ3) is 3.53. The molecule has 1 aromatic rings. The Kier molecular flexibility index (Phi) is 4.23. The molecule has 16 heavy (non-hydrogen) atoms. The molecular weight excluding hydrogens is 198 g/mol. The summed E-state index contributed by atoms with van der Waals surface area (Å²) in [4.78, 5) is 0. The van der Waals surface area contributed by atoms with Gasteiger partial charge in [0.15, 0.2) is 0 Å². The smallest absolute Gasteiger partial charge is 0.0642 e. The van der Waals surface area contributed by atoms with Crippen LogP contribution in [0.1, 0.15) is 31.2 Å². The minimum absolute atomic E-state index is 0.527. The molecule has 0 radical (unpaired) electrons. The van der Waals surface area contributed by atoms with Crippen molar-refractivity contribution in [3.8, 4) is 0 Å². The van der Waals surface area contributed by atoms with Gasteiger partial charge in [-0.3, -0.25) is 0 Å². The second-order valence-corrected chi connectivity index (χ2v) is 4.57. The number of aryl methyl sites for hydroxylation is 1. The molecular formula is C14H21NO. The van der Waals surface area contributed by atoms with Gasteiger partial charge in [0.1, 0.15) is 0 Å². The fourth-order valence-electron chi connectivity index (χ4n) is 2.23. The Morgan fingerprint density at radius 3 is 2.88 bits per heavy atom. The average Bonchev–Trinajstić information content (AvgIpc) is 2.77. The largest absolute Gasteiger partial charge is 0.383 e. The van der Waals surface area contributed by atoms with E-state index in [2.05, 4.69) is 36.5 Å². The Balaban J connectivity index is 1.64. The fraction of sp³-hybridized carbons (Fsp3) is 0.571. The fourth-order valence-corrected chi connectivity index (χ4v) is 2.23. The summed E-state index contributed by atoms with van der Waals surface area (Å²) in [6.07, 6.45) is 5.72. The van der Waals surface area contributed by atoms with E-state index in [1.54, 1.807) is 0 Å². The lowest BCUT2D eigenvalue weighted by molar-refractivity contribution is 0.0659. The summed E-state index contributed by atoms with van der Waals surface area (Å²) in [7, 11) is 0. The first-order valence-electron chi connectivity index (χ1n) is 6.27. The van der Waals surface area contributed by atoms with Crippen LogP contribution in [0.5, 0.6) is 0 Å². The Labute approximate surface area is 98.0 Å². The Morgan fingerprint density at radius 1 is 1.31 bits per heavy atom. The summed E-state index contributed by atoms with van der Waals surface area (Å²) in [5.74, 6) is 0. The van der Waals surface area contributed by atoms with Crippen LogP contribution < -0.4 is 5.32 Å². The van der Waals surface area contributed by atoms with E-state index in [9.17, 15) is 0 Å². The van der Waals surface area contributed by atoms with Crippen LogP contribution in [0, 0.1) is 6.92 Å². The summed E-state index contributed by atoms with van der Waals surface area (Å²) in [6, 6.07) is 8.45. The van der Waals surface area contributed by atoms with Gasteiger partial charge in [0.25, 0.3) is 0 Å². The second kappa shape index (κ2) is 5.90. The number of benzene rings is 1. The van der Waals surface area contributed by atoms with Gasteiger partial charge < -0.3 is 10.1 Å². The Bertz CT molecular complexity index is 318. The quantitative estimate of drug-likeness (QED) is 0.767. The molecule has 0 amide bonds. The van der Waals surface area contributed by atoms with Crippen LogP contribution in [0.3, 0.4) is 0 Å². The minimum atomic E-state index is 0.527. The molecule has 0 aliphatic heterocycles. The van der Waals surface area contributed by atoms with Crippen molar-refractivity contribution in [2.24, 2.45) is 0 Å². The highest BCUT2D eigenvalue weighted by molar-refractivity contribution is 5.45. The topological polar surface area (TPSA) is 21.3 Å². The first-order chi connectivity index (χ1) is 7.84. The van der Waals surface area contributed by atoms with E-state index in [-0.39, 0.29) is 0 Å². The lowest BCUT2D eigenvalue weighted by atomic mass is 10.2. The number of rotatable bonds is 5. The summed E-state index contributed by atoms with van der Waals surface area (Å²) < 4.78 is 5.79. The molecule has 0 aromatic heterocycles. The van der Waals surface area contributed by atoms with Crippen molar-refractivity contribution in [1.29, 1.82) is 0 Å². The standard InChI is InChI=1S/C14H21NO/c1-12-5-4-6-13(11-12)15-9-10-16-14-7-2-3-8-14/h4-6,11,14-15H,2-3,7-10H2,1H3. The Morgan fingerprint density at radius 2 is 2.12 bits per heavy atom. The van der Waals surface area contributed by atoms with Gasteiger partial charge in [-0.25, -0.2) is 0 Å². The van der Waals surface area contributed by atoms with Crippen molar-refractivity contribution in [3.05, 3.63) is 29.8 Å². The normalized spacial score (nSPS) is 16.6. The molecule has 0 spiro atoms. The van der Waals surface area contributed by atoms with Crippen LogP contribution >= 0.6 is 0 Å². The maximum absolute atomic E-state index is 5.79. The first kappa shape index (κ1) is 11.5. The number of ether oxygens (including phenoxy) is 1. The molecule has 0 saturated heterocycles. The zero-order chi connectivity index (χ0) is 11.2. The van der Waals surface area contributed by atoms with Crippen LogP contribution in [0.2, 0.25) is 0 Å². The monoisotopic (exact) mass is 219 g/mol. The predicted molar refractivity (Wildman–Crippen MR) is 67.9 cm³/mol. The third-order valence-electron chi connectivity index (χ3n) is 3.11. The molecule has 1 aromatic carbocycles. The molecule has 0 atom stereocenters. The molecule has 1 aliphatic rings. The van der Waals surface area contributed by atoms with Crippen molar-refractivity contribution < 1.29 is 4.74 Å². The van der Waals surface area contributed by atoms with E-state index in [4.69, 9.17) is 4.74 Å². The first-order valence-corrected chi connectivity index (χ1v) is 6.27. The predicted octanol–water partition coefficient (Wildman–Crippen LogP) is 3.37. The van der Waals surface area contributed by atoms with Crippen molar-refractivity contribution >= 4 is 5.69 Å². The molecule has 2 rings (SSSR count). The number of anilines is 1. The summed E-state index contributed by atoms with van der Waals surface area (Å²) in [5, 5.41) is 3.38. The zero-order valence-electron chi connectivity index (χ0n) is 10.0. The van der Waals surface area contributed by atoms with Gasteiger partial charge in [-0.05, 0) is 37.5 Å². The highest BCUT2D eigenvalue weighted by Crippen LogP contribution is 2.20. The molecule has 2 nitrogen and oxygen atoms in total. The highest BCUT2D eigenvalue weighted by Gasteiger charge is 2.14. The average molecular weight is 219 g/mol. The molecule has 1 aliphatic carbocycles. The van der Waals surface area contributed by atoms with Crippen LogP contribution in [0.15, 0.2) is 24.3 Å². The molecule has 88 valence electrons. The van der Waals surface area contributed by atoms with Gasteiger partial charge in [-0.1, -0.05) is 25.0 Å². The third-order valence-corrected chi connectivity index (χ3v) is 3.11. The van der Waals surface area contributed by atoms with E-state index in [1.807, 2.05) is 0 Å². The number of hydrogen-bond donors (Lipinski definition) is 1. The van der Waals surface area contributed by atoms with E-state index < -0.39 is 0 Å². The van der Waals surface area contributed by atoms with E-state index >= 15 is 0 Å². The van der Waals surface area contributed by atoms with Gasteiger partial charge >= 0.3 is 0 Å². The van der Waals surface area contributed by atoms with Crippen LogP contribution in [0.4, 0.5) is 5.69 Å². The molecule has 0 bridgehead atoms. The van der Waals surface area contributed by atoms with Gasteiger partial charge in [-0.2, -0.15) is 0 Å². The SMILES string of the molecule is Cc1cccc(NCCOC2CCCC2)c1. The highest BCUT2D eigenvalue weighted by atomic mass is 16.5. The Hall–Kier alpha value is -1.02. The molecule has 0 heterocycles. The summed E-state index contributed by atoms with van der Waals surface area (Å²) in [6.45, 7) is 3.83. The van der Waals surface area contributed by atoms with E-state index in [1.165, 1.54) is 36.9 Å². The van der Waals surface area contributed by atoms with Crippen molar-refractivity contribution in [1.82, 2.24) is 0 Å². The van der Waals surface area contributed by atoms with Crippen LogP contribution in [-0.4, -0.2) is 19.3 Å². The van der Waals surface area contributed by atoms with Crippen molar-refractivity contribution in [3.63, 3.8) is 0 Å². The zero-order valence-corrected chi connectivity index (χ0v) is 10.0. The minimum Gasteiger partial charge on any atom is -0.383 e. The van der Waals surface area contributed by atoms with Gasteiger partial charge in [-0.15, -0.1) is 0 Å². The lowest BCUT2D eigenvalue weighted by Gasteiger charge is -2.12. The van der Waals surface area contributed by atoms with Crippen molar-refractivity contribution in [2.75, 3.05) is 18.5 Å². The van der Waals surface area contributed by atoms with E-state index in [0.29, 0.717) is 6.10 Å². The van der Waals surface area contributed by atoms with Crippen LogP contribution in [-0.2, 0) is 4.74 Å². The molecule has 0 unspecified atom stereocenters. The summed E-state index contributed by atoms with van der Waals surface area (Å²) >= 11 is 0. The maximum atomic E-state index is 5.79. The van der Waals surface area contributed by atoms with Gasteiger partial charge in [0, 0.05) is 12.2 Å². The van der Waals surface area contributed by atoms with E-state index in [0.717, 1.165) is 13.2 Å². The molecule has 2 heteroatoms. The van der Waals surface area contributed by atoms with Gasteiger partial charge in [0.2, 0.25) is 0 Å². The lowest BCUT2D eigenvalue weighted by Crippen LogP contribution is -2.15. The molecule has 1 N–H and O–H groups in total. The molecule has 1 fully saturated rings. The van der Waals surface area contributed by atoms with Crippen molar-refractivity contribution in [2.45, 2.75) is 38.7 Å². The van der Waals surface area contributed by atoms with Gasteiger partial charge in [0.05, 0.1) is 12.7 Å². The second-order valence-electron chi connectivity index (χ2n) is 4.57.